The summed E-state index contributed by atoms with van der Waals surface area (Å²) in [5.74, 6) is -1.09. The molecule has 21 heavy (non-hydrogen) atoms. The van der Waals surface area contributed by atoms with Crippen molar-refractivity contribution in [2.24, 2.45) is 0 Å². The van der Waals surface area contributed by atoms with E-state index in [1.54, 1.807) is 18.2 Å². The standard InChI is InChI=1S/C15H14ClN3O2/c1-3-19-10(7-9(2)17-19)8-18-12-6-4-5-11(16)13(12)14(20)15(18)21/h4-7H,3,8H2,1-2H3. The predicted molar refractivity (Wildman–Crippen MR) is 79.6 cm³/mol. The number of ketones is 1. The molecule has 0 unspecified atom stereocenters. The molecule has 5 nitrogen and oxygen atoms in total. The molecule has 0 aliphatic carbocycles. The number of anilines is 1. The van der Waals surface area contributed by atoms with Crippen molar-refractivity contribution in [2.75, 3.05) is 4.90 Å². The summed E-state index contributed by atoms with van der Waals surface area (Å²) in [4.78, 5) is 25.8. The normalized spacial score (nSPS) is 14.0. The van der Waals surface area contributed by atoms with Gasteiger partial charge >= 0.3 is 0 Å². The minimum atomic E-state index is -0.546. The zero-order valence-electron chi connectivity index (χ0n) is 11.8. The quantitative estimate of drug-likeness (QED) is 0.819. The summed E-state index contributed by atoms with van der Waals surface area (Å²) in [6.45, 7) is 4.91. The van der Waals surface area contributed by atoms with Gasteiger partial charge in [-0.05, 0) is 32.0 Å². The minimum absolute atomic E-state index is 0.295. The van der Waals surface area contributed by atoms with Crippen molar-refractivity contribution >= 4 is 29.0 Å². The molecule has 0 saturated heterocycles. The van der Waals surface area contributed by atoms with E-state index < -0.39 is 11.7 Å². The minimum Gasteiger partial charge on any atom is -0.299 e. The maximum atomic E-state index is 12.2. The first-order valence-corrected chi connectivity index (χ1v) is 7.08. The van der Waals surface area contributed by atoms with Gasteiger partial charge < -0.3 is 0 Å². The number of rotatable bonds is 3. The monoisotopic (exact) mass is 303 g/mol. The van der Waals surface area contributed by atoms with Gasteiger partial charge in [0, 0.05) is 6.54 Å². The van der Waals surface area contributed by atoms with Crippen LogP contribution in [-0.4, -0.2) is 21.5 Å². The van der Waals surface area contributed by atoms with Crippen LogP contribution in [0.4, 0.5) is 5.69 Å². The number of fused-ring (bicyclic) bond motifs is 1. The molecule has 0 N–H and O–H groups in total. The molecular weight excluding hydrogens is 290 g/mol. The average Bonchev–Trinajstić information content (AvgIpc) is 2.93. The highest BCUT2D eigenvalue weighted by molar-refractivity contribution is 6.55. The summed E-state index contributed by atoms with van der Waals surface area (Å²) in [7, 11) is 0. The maximum absolute atomic E-state index is 12.2. The Morgan fingerprint density at radius 2 is 2.05 bits per heavy atom. The van der Waals surface area contributed by atoms with Gasteiger partial charge in [-0.25, -0.2) is 0 Å². The maximum Gasteiger partial charge on any atom is 0.299 e. The Kier molecular flexibility index (Phi) is 3.29. The molecule has 1 aliphatic heterocycles. The topological polar surface area (TPSA) is 55.2 Å². The summed E-state index contributed by atoms with van der Waals surface area (Å²) in [6, 6.07) is 7.02. The molecule has 1 aromatic heterocycles. The molecule has 6 heteroatoms. The summed E-state index contributed by atoms with van der Waals surface area (Å²) in [6.07, 6.45) is 0. The van der Waals surface area contributed by atoms with Crippen molar-refractivity contribution in [3.63, 3.8) is 0 Å². The molecule has 2 aromatic rings. The molecule has 0 fully saturated rings. The lowest BCUT2D eigenvalue weighted by Crippen LogP contribution is -2.30. The first kappa shape index (κ1) is 13.8. The van der Waals surface area contributed by atoms with Crippen LogP contribution in [0, 0.1) is 6.92 Å². The molecule has 0 atom stereocenters. The van der Waals surface area contributed by atoms with E-state index in [0.29, 0.717) is 29.4 Å². The summed E-state index contributed by atoms with van der Waals surface area (Å²) in [5, 5.41) is 4.67. The van der Waals surface area contributed by atoms with Crippen molar-refractivity contribution in [2.45, 2.75) is 26.9 Å². The second-order valence-electron chi connectivity index (χ2n) is 4.95. The van der Waals surface area contributed by atoms with Crippen molar-refractivity contribution in [1.29, 1.82) is 0 Å². The Balaban J connectivity index is 2.02. The number of nitrogens with zero attached hydrogens (tertiary/aromatic N) is 3. The highest BCUT2D eigenvalue weighted by Crippen LogP contribution is 2.35. The fourth-order valence-corrected chi connectivity index (χ4v) is 2.88. The highest BCUT2D eigenvalue weighted by atomic mass is 35.5. The fraction of sp³-hybridized carbons (Fsp3) is 0.267. The van der Waals surface area contributed by atoms with Crippen LogP contribution >= 0.6 is 11.6 Å². The molecule has 0 saturated carbocycles. The van der Waals surface area contributed by atoms with Crippen LogP contribution in [0.5, 0.6) is 0 Å². The van der Waals surface area contributed by atoms with Gasteiger partial charge in [0.1, 0.15) is 0 Å². The van der Waals surface area contributed by atoms with Gasteiger partial charge in [-0.1, -0.05) is 17.7 Å². The van der Waals surface area contributed by atoms with E-state index in [9.17, 15) is 9.59 Å². The summed E-state index contributed by atoms with van der Waals surface area (Å²) in [5.41, 5.74) is 2.64. The molecule has 0 radical (unpaired) electrons. The molecule has 1 aliphatic rings. The SMILES string of the molecule is CCn1nc(C)cc1CN1C(=O)C(=O)c2c(Cl)cccc21. The van der Waals surface area contributed by atoms with Gasteiger partial charge in [-0.3, -0.25) is 19.2 Å². The first-order chi connectivity index (χ1) is 10.0. The smallest absolute Gasteiger partial charge is 0.299 e. The molecular formula is C15H14ClN3O2. The van der Waals surface area contributed by atoms with E-state index in [1.807, 2.05) is 24.6 Å². The van der Waals surface area contributed by atoms with Gasteiger partial charge in [0.15, 0.2) is 0 Å². The van der Waals surface area contributed by atoms with Gasteiger partial charge in [0.2, 0.25) is 0 Å². The van der Waals surface area contributed by atoms with E-state index in [4.69, 9.17) is 11.6 Å². The number of aryl methyl sites for hydroxylation is 2. The number of hydrogen-bond donors (Lipinski definition) is 0. The second-order valence-corrected chi connectivity index (χ2v) is 5.35. The molecule has 0 spiro atoms. The van der Waals surface area contributed by atoms with Crippen molar-refractivity contribution < 1.29 is 9.59 Å². The average molecular weight is 304 g/mol. The fourth-order valence-electron chi connectivity index (χ4n) is 2.62. The van der Waals surface area contributed by atoms with E-state index in [0.717, 1.165) is 11.4 Å². The molecule has 0 bridgehead atoms. The number of carbonyl (C=O) groups is 2. The summed E-state index contributed by atoms with van der Waals surface area (Å²) >= 11 is 6.04. The van der Waals surface area contributed by atoms with Crippen LogP contribution in [0.1, 0.15) is 28.7 Å². The van der Waals surface area contributed by atoms with Crippen LogP contribution in [0.3, 0.4) is 0 Å². The van der Waals surface area contributed by atoms with Crippen LogP contribution < -0.4 is 4.90 Å². The number of Topliss-reactive ketones (excluding diaryl/α,β-unsaturated/α-hetero) is 1. The zero-order chi connectivity index (χ0) is 15.1. The molecule has 1 aromatic carbocycles. The number of benzene rings is 1. The first-order valence-electron chi connectivity index (χ1n) is 6.71. The number of aromatic nitrogens is 2. The lowest BCUT2D eigenvalue weighted by Gasteiger charge is -2.17. The Hall–Kier alpha value is -2.14. The van der Waals surface area contributed by atoms with Gasteiger partial charge in [-0.15, -0.1) is 0 Å². The Labute approximate surface area is 127 Å². The van der Waals surface area contributed by atoms with Gasteiger partial charge in [-0.2, -0.15) is 5.10 Å². The zero-order valence-corrected chi connectivity index (χ0v) is 12.5. The Morgan fingerprint density at radius 1 is 1.29 bits per heavy atom. The molecule has 1 amide bonds. The highest BCUT2D eigenvalue weighted by Gasteiger charge is 2.37. The molecule has 108 valence electrons. The predicted octanol–water partition coefficient (Wildman–Crippen LogP) is 2.59. The lowest BCUT2D eigenvalue weighted by molar-refractivity contribution is -0.114. The van der Waals surface area contributed by atoms with Crippen LogP contribution in [0.15, 0.2) is 24.3 Å². The number of hydrogen-bond acceptors (Lipinski definition) is 3. The Morgan fingerprint density at radius 3 is 2.76 bits per heavy atom. The van der Waals surface area contributed by atoms with Crippen molar-refractivity contribution in [3.05, 3.63) is 46.2 Å². The lowest BCUT2D eigenvalue weighted by atomic mass is 10.1. The third-order valence-electron chi connectivity index (χ3n) is 3.55. The van der Waals surface area contributed by atoms with Gasteiger partial charge in [0.25, 0.3) is 11.7 Å². The third kappa shape index (κ3) is 2.14. The Bertz CT molecular complexity index is 751. The van der Waals surface area contributed by atoms with Crippen LogP contribution in [0.2, 0.25) is 5.02 Å². The van der Waals surface area contributed by atoms with Crippen LogP contribution in [-0.2, 0) is 17.9 Å². The van der Waals surface area contributed by atoms with E-state index in [-0.39, 0.29) is 0 Å². The van der Waals surface area contributed by atoms with Gasteiger partial charge in [0.05, 0.1) is 34.2 Å². The largest absolute Gasteiger partial charge is 0.299 e. The summed E-state index contributed by atoms with van der Waals surface area (Å²) < 4.78 is 1.83. The third-order valence-corrected chi connectivity index (χ3v) is 3.87. The second kappa shape index (κ2) is 5.00. The number of halogens is 1. The van der Waals surface area contributed by atoms with E-state index >= 15 is 0 Å². The number of carbonyl (C=O) groups excluding carboxylic acids is 2. The van der Waals surface area contributed by atoms with Crippen molar-refractivity contribution in [1.82, 2.24) is 9.78 Å². The van der Waals surface area contributed by atoms with Crippen molar-refractivity contribution in [3.8, 4) is 0 Å². The molecule has 2 heterocycles. The van der Waals surface area contributed by atoms with E-state index in [1.165, 1.54) is 4.90 Å². The molecule has 3 rings (SSSR count). The number of amides is 1. The van der Waals surface area contributed by atoms with E-state index in [2.05, 4.69) is 5.10 Å². The van der Waals surface area contributed by atoms with Crippen LogP contribution in [0.25, 0.3) is 0 Å².